The van der Waals surface area contributed by atoms with Crippen molar-refractivity contribution in [2.24, 2.45) is 0 Å². The highest BCUT2D eigenvalue weighted by molar-refractivity contribution is 7.89. The zero-order chi connectivity index (χ0) is 17.4. The van der Waals surface area contributed by atoms with Gasteiger partial charge in [0.25, 0.3) is 0 Å². The monoisotopic (exact) mass is 354 g/mol. The number of ether oxygens (including phenoxy) is 1. The van der Waals surface area contributed by atoms with Crippen molar-refractivity contribution >= 4 is 21.6 Å². The minimum atomic E-state index is -3.53. The maximum atomic E-state index is 12.2. The van der Waals surface area contributed by atoms with Crippen LogP contribution in [0, 0.1) is 0 Å². The molecule has 0 unspecified atom stereocenters. The van der Waals surface area contributed by atoms with Crippen molar-refractivity contribution < 1.29 is 17.9 Å². The summed E-state index contributed by atoms with van der Waals surface area (Å²) in [5.41, 5.74) is 0.572. The molecule has 6 nitrogen and oxygen atoms in total. The molecule has 0 atom stereocenters. The minimum absolute atomic E-state index is 0.185. The molecule has 24 heavy (non-hydrogen) atoms. The van der Waals surface area contributed by atoms with Crippen LogP contribution in [0.4, 0.5) is 5.69 Å². The standard InChI is InChI=1S/C17H26N2O4S/c1-14(20)19-15-8-10-17(11-9-15)24(21,22)18-12-5-13-23-16-6-3-2-4-7-16/h8-11,16,18H,2-7,12-13H2,1H3,(H,19,20). The molecule has 1 aliphatic rings. The molecule has 0 saturated heterocycles. The summed E-state index contributed by atoms with van der Waals surface area (Å²) in [7, 11) is -3.53. The Kier molecular flexibility index (Phi) is 7.20. The van der Waals surface area contributed by atoms with Crippen LogP contribution in [0.3, 0.4) is 0 Å². The first kappa shape index (κ1) is 18.9. The third kappa shape index (κ3) is 6.22. The van der Waals surface area contributed by atoms with E-state index in [1.807, 2.05) is 0 Å². The van der Waals surface area contributed by atoms with Gasteiger partial charge in [0.2, 0.25) is 15.9 Å². The van der Waals surface area contributed by atoms with Crippen LogP contribution in [0.1, 0.15) is 45.4 Å². The second-order valence-corrected chi connectivity index (χ2v) is 7.85. The number of sulfonamides is 1. The summed E-state index contributed by atoms with van der Waals surface area (Å²) in [4.78, 5) is 11.1. The molecule has 1 amide bonds. The highest BCUT2D eigenvalue weighted by atomic mass is 32.2. The van der Waals surface area contributed by atoms with Crippen LogP contribution in [-0.4, -0.2) is 33.6 Å². The molecule has 1 fully saturated rings. The van der Waals surface area contributed by atoms with E-state index >= 15 is 0 Å². The molecule has 2 N–H and O–H groups in total. The lowest BCUT2D eigenvalue weighted by atomic mass is 9.98. The van der Waals surface area contributed by atoms with E-state index in [-0.39, 0.29) is 10.8 Å². The van der Waals surface area contributed by atoms with Gasteiger partial charge in [0.05, 0.1) is 11.0 Å². The second kappa shape index (κ2) is 9.15. The van der Waals surface area contributed by atoms with E-state index in [2.05, 4.69) is 10.0 Å². The van der Waals surface area contributed by atoms with E-state index in [4.69, 9.17) is 4.74 Å². The normalized spacial score (nSPS) is 16.0. The van der Waals surface area contributed by atoms with Gasteiger partial charge in [-0.1, -0.05) is 19.3 Å². The SMILES string of the molecule is CC(=O)Nc1ccc(S(=O)(=O)NCCCOC2CCCCC2)cc1. The van der Waals surface area contributed by atoms with E-state index < -0.39 is 10.0 Å². The van der Waals surface area contributed by atoms with E-state index in [0.717, 1.165) is 12.8 Å². The summed E-state index contributed by atoms with van der Waals surface area (Å²) in [5, 5.41) is 2.60. The molecular weight excluding hydrogens is 328 g/mol. The Morgan fingerprint density at radius 1 is 1.17 bits per heavy atom. The number of carbonyl (C=O) groups excluding carboxylic acids is 1. The molecule has 0 aromatic heterocycles. The fraction of sp³-hybridized carbons (Fsp3) is 0.588. The predicted octanol–water partition coefficient (Wildman–Crippen LogP) is 2.66. The lowest BCUT2D eigenvalue weighted by molar-refractivity contribution is -0.114. The number of carbonyl (C=O) groups is 1. The third-order valence-corrected chi connectivity index (χ3v) is 5.48. The van der Waals surface area contributed by atoms with Crippen LogP contribution >= 0.6 is 0 Å². The highest BCUT2D eigenvalue weighted by Gasteiger charge is 2.15. The van der Waals surface area contributed by atoms with Crippen LogP contribution in [0.25, 0.3) is 0 Å². The third-order valence-electron chi connectivity index (χ3n) is 4.00. The van der Waals surface area contributed by atoms with E-state index in [1.165, 1.54) is 38.3 Å². The zero-order valence-corrected chi connectivity index (χ0v) is 14.9. The maximum absolute atomic E-state index is 12.2. The van der Waals surface area contributed by atoms with Gasteiger partial charge in [0, 0.05) is 25.8 Å². The highest BCUT2D eigenvalue weighted by Crippen LogP contribution is 2.20. The molecule has 2 rings (SSSR count). The first-order valence-corrected chi connectivity index (χ1v) is 9.94. The average Bonchev–Trinajstić information content (AvgIpc) is 2.55. The molecule has 0 heterocycles. The Morgan fingerprint density at radius 3 is 2.46 bits per heavy atom. The Bertz CT molecular complexity index is 622. The smallest absolute Gasteiger partial charge is 0.240 e. The Morgan fingerprint density at radius 2 is 1.83 bits per heavy atom. The zero-order valence-electron chi connectivity index (χ0n) is 14.1. The average molecular weight is 354 g/mol. The number of rotatable bonds is 8. The van der Waals surface area contributed by atoms with Crippen molar-refractivity contribution in [2.75, 3.05) is 18.5 Å². The topological polar surface area (TPSA) is 84.5 Å². The van der Waals surface area contributed by atoms with Gasteiger partial charge in [0.1, 0.15) is 0 Å². The van der Waals surface area contributed by atoms with Crippen LogP contribution in [0.5, 0.6) is 0 Å². The van der Waals surface area contributed by atoms with Gasteiger partial charge in [-0.2, -0.15) is 0 Å². The predicted molar refractivity (Wildman–Crippen MR) is 93.4 cm³/mol. The van der Waals surface area contributed by atoms with Gasteiger partial charge in [-0.25, -0.2) is 13.1 Å². The molecule has 0 spiro atoms. The summed E-state index contributed by atoms with van der Waals surface area (Å²) in [5.74, 6) is -0.193. The minimum Gasteiger partial charge on any atom is -0.378 e. The van der Waals surface area contributed by atoms with Crippen LogP contribution in [0.15, 0.2) is 29.2 Å². The fourth-order valence-electron chi connectivity index (χ4n) is 2.76. The van der Waals surface area contributed by atoms with Gasteiger partial charge in [0.15, 0.2) is 0 Å². The molecule has 1 saturated carbocycles. The van der Waals surface area contributed by atoms with Crippen LogP contribution in [0.2, 0.25) is 0 Å². The van der Waals surface area contributed by atoms with Crippen molar-refractivity contribution in [3.05, 3.63) is 24.3 Å². The molecule has 0 radical (unpaired) electrons. The summed E-state index contributed by atoms with van der Waals surface area (Å²) in [6.07, 6.45) is 6.98. The van der Waals surface area contributed by atoms with Gasteiger partial charge < -0.3 is 10.1 Å². The lowest BCUT2D eigenvalue weighted by Gasteiger charge is -2.21. The van der Waals surface area contributed by atoms with E-state index in [0.29, 0.717) is 31.4 Å². The van der Waals surface area contributed by atoms with E-state index in [9.17, 15) is 13.2 Å². The van der Waals surface area contributed by atoms with Gasteiger partial charge >= 0.3 is 0 Å². The quantitative estimate of drug-likeness (QED) is 0.703. The first-order valence-electron chi connectivity index (χ1n) is 8.46. The molecule has 1 aromatic rings. The summed E-state index contributed by atoms with van der Waals surface area (Å²) in [6, 6.07) is 6.10. The first-order chi connectivity index (χ1) is 11.5. The van der Waals surface area contributed by atoms with Crippen molar-refractivity contribution in [1.29, 1.82) is 0 Å². The van der Waals surface area contributed by atoms with Gasteiger partial charge in [-0.15, -0.1) is 0 Å². The molecule has 0 bridgehead atoms. The van der Waals surface area contributed by atoms with Crippen LogP contribution in [-0.2, 0) is 19.6 Å². The summed E-state index contributed by atoms with van der Waals surface area (Å²) in [6.45, 7) is 2.33. The Hall–Kier alpha value is -1.44. The Balaban J connectivity index is 1.73. The molecular formula is C17H26N2O4S. The molecule has 1 aliphatic carbocycles. The van der Waals surface area contributed by atoms with Crippen molar-refractivity contribution in [3.8, 4) is 0 Å². The molecule has 1 aromatic carbocycles. The maximum Gasteiger partial charge on any atom is 0.240 e. The van der Waals surface area contributed by atoms with Crippen LogP contribution < -0.4 is 10.0 Å². The number of anilines is 1. The number of hydrogen-bond acceptors (Lipinski definition) is 4. The largest absolute Gasteiger partial charge is 0.378 e. The van der Waals surface area contributed by atoms with Crippen molar-refractivity contribution in [1.82, 2.24) is 4.72 Å². The lowest BCUT2D eigenvalue weighted by Crippen LogP contribution is -2.26. The number of benzene rings is 1. The molecule has 0 aliphatic heterocycles. The summed E-state index contributed by atoms with van der Waals surface area (Å²) >= 11 is 0. The van der Waals surface area contributed by atoms with E-state index in [1.54, 1.807) is 12.1 Å². The van der Waals surface area contributed by atoms with Gasteiger partial charge in [-0.05, 0) is 43.5 Å². The second-order valence-electron chi connectivity index (χ2n) is 6.09. The fourth-order valence-corrected chi connectivity index (χ4v) is 3.84. The van der Waals surface area contributed by atoms with Gasteiger partial charge in [-0.3, -0.25) is 4.79 Å². The number of nitrogens with one attached hydrogen (secondary N) is 2. The van der Waals surface area contributed by atoms with Crippen molar-refractivity contribution in [2.45, 2.75) is 56.4 Å². The van der Waals surface area contributed by atoms with Crippen molar-refractivity contribution in [3.63, 3.8) is 0 Å². The number of hydrogen-bond donors (Lipinski definition) is 2. The molecule has 7 heteroatoms. The summed E-state index contributed by atoms with van der Waals surface area (Å²) < 4.78 is 32.7. The molecule has 134 valence electrons. The Labute approximate surface area is 144 Å². The number of amides is 1.